The molecule has 4 aromatic rings. The molecule has 8 nitrogen and oxygen atoms in total. The van der Waals surface area contributed by atoms with E-state index >= 15 is 0 Å². The summed E-state index contributed by atoms with van der Waals surface area (Å²) in [4.78, 5) is 15.5. The number of nitrogens with zero attached hydrogens (tertiary/aromatic N) is 3. The maximum absolute atomic E-state index is 13.5. The minimum absolute atomic E-state index is 0.0237. The van der Waals surface area contributed by atoms with Crippen molar-refractivity contribution < 1.29 is 14.6 Å². The third kappa shape index (κ3) is 2.64. The molecule has 0 unspecified atom stereocenters. The zero-order chi connectivity index (χ0) is 23.0. The summed E-state index contributed by atoms with van der Waals surface area (Å²) in [5, 5.41) is 17.0. The summed E-state index contributed by atoms with van der Waals surface area (Å²) in [6.07, 6.45) is 0.734. The second-order valence-corrected chi connectivity index (χ2v) is 9.14. The number of aromatic nitrogens is 2. The molecule has 1 saturated heterocycles. The number of thiocarbonyl (C=S) groups is 1. The van der Waals surface area contributed by atoms with E-state index in [9.17, 15) is 9.90 Å². The summed E-state index contributed by atoms with van der Waals surface area (Å²) in [6, 6.07) is 19.0. The normalized spacial score (nSPS) is 19.6. The molecule has 3 aliphatic heterocycles. The fourth-order valence-corrected chi connectivity index (χ4v) is 5.78. The predicted molar refractivity (Wildman–Crippen MR) is 131 cm³/mol. The van der Waals surface area contributed by atoms with Crippen LogP contribution in [0.5, 0.6) is 17.4 Å². The van der Waals surface area contributed by atoms with Gasteiger partial charge in [-0.15, -0.1) is 0 Å². The van der Waals surface area contributed by atoms with Crippen molar-refractivity contribution in [3.8, 4) is 23.1 Å². The van der Waals surface area contributed by atoms with Crippen LogP contribution in [0.15, 0.2) is 65.5 Å². The van der Waals surface area contributed by atoms with Crippen LogP contribution in [0, 0.1) is 0 Å². The highest BCUT2D eigenvalue weighted by atomic mass is 32.1. The van der Waals surface area contributed by atoms with Gasteiger partial charge in [-0.1, -0.05) is 36.4 Å². The average molecular weight is 473 g/mol. The Morgan fingerprint density at radius 2 is 1.88 bits per heavy atom. The monoisotopic (exact) mass is 472 g/mol. The van der Waals surface area contributed by atoms with Crippen LogP contribution in [0.25, 0.3) is 16.5 Å². The quantitative estimate of drug-likeness (QED) is 0.428. The number of fused-ring (bicyclic) bond motifs is 7. The van der Waals surface area contributed by atoms with Crippen LogP contribution in [-0.2, 0) is 0 Å². The first-order valence-electron chi connectivity index (χ1n) is 11.1. The number of ether oxygens (including phenoxy) is 2. The molecule has 0 radical (unpaired) electrons. The fourth-order valence-electron chi connectivity index (χ4n) is 5.46. The van der Waals surface area contributed by atoms with Crippen molar-refractivity contribution in [3.05, 3.63) is 76.8 Å². The molecule has 3 aliphatic rings. The maximum Gasteiger partial charge on any atom is 0.336 e. The van der Waals surface area contributed by atoms with Crippen LogP contribution in [0.4, 0.5) is 5.69 Å². The summed E-state index contributed by atoms with van der Waals surface area (Å²) < 4.78 is 14.0. The Bertz CT molecular complexity index is 1550. The number of hydrogen-bond donors (Lipinski definition) is 2. The third-order valence-electron chi connectivity index (χ3n) is 6.95. The van der Waals surface area contributed by atoms with Crippen LogP contribution < -0.4 is 20.5 Å². The van der Waals surface area contributed by atoms with Gasteiger partial charge in [-0.05, 0) is 42.2 Å². The Hall–Kier alpha value is -3.98. The zero-order valence-electron chi connectivity index (χ0n) is 18.0. The van der Waals surface area contributed by atoms with Gasteiger partial charge < -0.3 is 24.8 Å². The smallest absolute Gasteiger partial charge is 0.336 e. The molecular formula is C25H20N4O4S. The second kappa shape index (κ2) is 7.01. The first-order valence-corrected chi connectivity index (χ1v) is 11.5. The first-order chi connectivity index (χ1) is 16.6. The van der Waals surface area contributed by atoms with Gasteiger partial charge in [-0.2, -0.15) is 0 Å². The Morgan fingerprint density at radius 3 is 2.79 bits per heavy atom. The van der Waals surface area contributed by atoms with Gasteiger partial charge in [0.05, 0.1) is 17.8 Å². The molecule has 1 fully saturated rings. The number of likely N-dealkylation sites (tertiary alicyclic amines) is 1. The lowest BCUT2D eigenvalue weighted by atomic mass is 10.1. The summed E-state index contributed by atoms with van der Waals surface area (Å²) in [5.74, 6) is 1.36. The molecule has 9 heteroatoms. The number of rotatable bonds is 2. The van der Waals surface area contributed by atoms with E-state index in [2.05, 4.69) is 5.32 Å². The number of imidazole rings is 1. The molecule has 4 heterocycles. The van der Waals surface area contributed by atoms with Crippen molar-refractivity contribution in [1.29, 1.82) is 0 Å². The van der Waals surface area contributed by atoms with Crippen molar-refractivity contribution in [2.75, 3.05) is 18.7 Å². The van der Waals surface area contributed by atoms with Gasteiger partial charge >= 0.3 is 5.69 Å². The Balaban J connectivity index is 1.24. The minimum Gasteiger partial charge on any atom is -0.493 e. The molecule has 0 saturated carbocycles. The van der Waals surface area contributed by atoms with E-state index in [1.54, 1.807) is 4.57 Å². The fraction of sp³-hybridized carbons (Fsp3) is 0.200. The molecule has 1 aromatic heterocycles. The summed E-state index contributed by atoms with van der Waals surface area (Å²) in [7, 11) is 0. The van der Waals surface area contributed by atoms with Crippen molar-refractivity contribution in [3.63, 3.8) is 0 Å². The van der Waals surface area contributed by atoms with Crippen LogP contribution in [0.1, 0.15) is 24.2 Å². The summed E-state index contributed by atoms with van der Waals surface area (Å²) >= 11 is 5.72. The number of anilines is 1. The van der Waals surface area contributed by atoms with Gasteiger partial charge in [0, 0.05) is 23.7 Å². The van der Waals surface area contributed by atoms with E-state index in [4.69, 9.17) is 21.7 Å². The van der Waals surface area contributed by atoms with E-state index in [0.29, 0.717) is 34.5 Å². The molecule has 170 valence electrons. The van der Waals surface area contributed by atoms with E-state index in [0.717, 1.165) is 22.9 Å². The molecule has 0 amide bonds. The lowest BCUT2D eigenvalue weighted by Crippen LogP contribution is -2.39. The molecule has 2 bridgehead atoms. The average Bonchev–Trinajstić information content (AvgIpc) is 3.62. The van der Waals surface area contributed by atoms with Crippen molar-refractivity contribution in [2.45, 2.75) is 18.5 Å². The number of nitrogens with one attached hydrogen (secondary N) is 1. The Kier molecular flexibility index (Phi) is 4.02. The van der Waals surface area contributed by atoms with E-state index in [1.165, 1.54) is 4.57 Å². The van der Waals surface area contributed by atoms with Crippen molar-refractivity contribution in [1.82, 2.24) is 14.0 Å². The Morgan fingerprint density at radius 1 is 1.06 bits per heavy atom. The van der Waals surface area contributed by atoms with Crippen LogP contribution in [0.2, 0.25) is 0 Å². The molecule has 0 aliphatic carbocycles. The predicted octanol–water partition coefficient (Wildman–Crippen LogP) is 3.93. The van der Waals surface area contributed by atoms with Gasteiger partial charge in [0.1, 0.15) is 5.69 Å². The molecular weight excluding hydrogens is 452 g/mol. The van der Waals surface area contributed by atoms with Crippen molar-refractivity contribution >= 4 is 33.8 Å². The molecule has 7 rings (SSSR count). The molecule has 2 N–H and O–H groups in total. The number of aromatic hydroxyl groups is 1. The highest BCUT2D eigenvalue weighted by Gasteiger charge is 2.48. The van der Waals surface area contributed by atoms with E-state index in [1.807, 2.05) is 65.6 Å². The van der Waals surface area contributed by atoms with Crippen molar-refractivity contribution in [2.24, 2.45) is 0 Å². The first kappa shape index (κ1) is 19.5. The highest BCUT2D eigenvalue weighted by Crippen LogP contribution is 2.49. The molecule has 2 atom stereocenters. The zero-order valence-corrected chi connectivity index (χ0v) is 18.8. The van der Waals surface area contributed by atoms with Gasteiger partial charge in [-0.25, -0.2) is 9.36 Å². The third-order valence-corrected chi connectivity index (χ3v) is 7.29. The lowest BCUT2D eigenvalue weighted by Gasteiger charge is -2.30. The van der Waals surface area contributed by atoms with E-state index < -0.39 is 0 Å². The molecule has 34 heavy (non-hydrogen) atoms. The highest BCUT2D eigenvalue weighted by molar-refractivity contribution is 7.80. The topological polar surface area (TPSA) is 80.9 Å². The van der Waals surface area contributed by atoms with Gasteiger partial charge in [0.15, 0.2) is 16.6 Å². The summed E-state index contributed by atoms with van der Waals surface area (Å²) in [6.45, 7) is 0.816. The lowest BCUT2D eigenvalue weighted by molar-refractivity contribution is 0.174. The number of benzene rings is 3. The van der Waals surface area contributed by atoms with Gasteiger partial charge in [0.25, 0.3) is 0 Å². The van der Waals surface area contributed by atoms with Crippen LogP contribution in [-0.4, -0.2) is 37.6 Å². The van der Waals surface area contributed by atoms with Gasteiger partial charge in [-0.3, -0.25) is 4.57 Å². The standard InChI is InChI=1S/C25H20N4O4S/c30-23-22-19-11-16(12-27(19)24(34)26-15-8-9-20-21(10-15)33-13-32-20)28(22)25(31)29(23)18-7-3-5-14-4-1-2-6-17(14)18/h1-10,16,19,30H,11-13H2,(H,26,34)/t16-,19-/m0/s1. The minimum atomic E-state index is -0.217. The molecule has 0 spiro atoms. The maximum atomic E-state index is 13.5. The second-order valence-electron chi connectivity index (χ2n) is 8.75. The number of hydrogen-bond acceptors (Lipinski definition) is 5. The van der Waals surface area contributed by atoms with Crippen LogP contribution in [0.3, 0.4) is 0 Å². The van der Waals surface area contributed by atoms with Gasteiger partial charge in [0.2, 0.25) is 12.7 Å². The van der Waals surface area contributed by atoms with E-state index in [-0.39, 0.29) is 30.4 Å². The largest absolute Gasteiger partial charge is 0.493 e. The SMILES string of the molecule is O=c1n(-c2cccc3ccccc23)c(O)c2n1[C@H]1C[C@@H]2N(C(=S)Nc2ccc3c(c2)OCO3)C1. The summed E-state index contributed by atoms with van der Waals surface area (Å²) in [5.41, 5.74) is 1.87. The van der Waals surface area contributed by atoms with Crippen LogP contribution >= 0.6 is 12.2 Å². The molecule has 3 aromatic carbocycles. The Labute approximate surface area is 199 Å².